The third-order valence-electron chi connectivity index (χ3n) is 2.68. The van der Waals surface area contributed by atoms with Gasteiger partial charge in [0.05, 0.1) is 5.01 Å². The third kappa shape index (κ3) is 2.90. The van der Waals surface area contributed by atoms with Gasteiger partial charge in [0.1, 0.15) is 0 Å². The zero-order valence-electron chi connectivity index (χ0n) is 9.39. The Hall–Kier alpha value is -1.19. The molecule has 1 aromatic carbocycles. The molecule has 2 nitrogen and oxygen atoms in total. The van der Waals surface area contributed by atoms with E-state index in [0.29, 0.717) is 6.04 Å². The average Bonchev–Trinajstić information content (AvgIpc) is 2.84. The molecule has 0 aliphatic heterocycles. The SMILES string of the molecule is CNC(CCc1nccs1)c1ccccc1. The van der Waals surface area contributed by atoms with E-state index in [4.69, 9.17) is 0 Å². The van der Waals surface area contributed by atoms with Gasteiger partial charge in [-0.2, -0.15) is 0 Å². The van der Waals surface area contributed by atoms with Gasteiger partial charge in [0.2, 0.25) is 0 Å². The van der Waals surface area contributed by atoms with Crippen molar-refractivity contribution in [3.05, 3.63) is 52.5 Å². The Bertz CT molecular complexity index is 397. The van der Waals surface area contributed by atoms with Crippen LogP contribution in [0.2, 0.25) is 0 Å². The van der Waals surface area contributed by atoms with Gasteiger partial charge in [0, 0.05) is 24.0 Å². The van der Waals surface area contributed by atoms with Gasteiger partial charge in [0.25, 0.3) is 0 Å². The summed E-state index contributed by atoms with van der Waals surface area (Å²) in [4.78, 5) is 4.31. The van der Waals surface area contributed by atoms with Gasteiger partial charge in [-0.3, -0.25) is 0 Å². The van der Waals surface area contributed by atoms with Crippen LogP contribution >= 0.6 is 11.3 Å². The van der Waals surface area contributed by atoms with E-state index in [0.717, 1.165) is 12.8 Å². The number of rotatable bonds is 5. The summed E-state index contributed by atoms with van der Waals surface area (Å²) >= 11 is 1.73. The van der Waals surface area contributed by atoms with Crippen molar-refractivity contribution >= 4 is 11.3 Å². The number of aromatic nitrogens is 1. The summed E-state index contributed by atoms with van der Waals surface area (Å²) in [5, 5.41) is 6.61. The van der Waals surface area contributed by atoms with E-state index in [1.54, 1.807) is 11.3 Å². The Balaban J connectivity index is 1.96. The molecule has 0 amide bonds. The van der Waals surface area contributed by atoms with Crippen LogP contribution in [-0.4, -0.2) is 12.0 Å². The lowest BCUT2D eigenvalue weighted by molar-refractivity contribution is 0.548. The fraction of sp³-hybridized carbons (Fsp3) is 0.308. The number of aryl methyl sites for hydroxylation is 1. The molecule has 2 rings (SSSR count). The average molecular weight is 232 g/mol. The second-order valence-corrected chi connectivity index (χ2v) is 4.70. The zero-order chi connectivity index (χ0) is 11.2. The first-order valence-corrected chi connectivity index (χ1v) is 6.38. The quantitative estimate of drug-likeness (QED) is 0.857. The van der Waals surface area contributed by atoms with Crippen LogP contribution in [0.25, 0.3) is 0 Å². The summed E-state index contributed by atoms with van der Waals surface area (Å²) < 4.78 is 0. The van der Waals surface area contributed by atoms with Crippen LogP contribution in [0.3, 0.4) is 0 Å². The van der Waals surface area contributed by atoms with Crippen LogP contribution in [0.5, 0.6) is 0 Å². The molecule has 1 unspecified atom stereocenters. The Kier molecular flexibility index (Phi) is 4.08. The molecule has 16 heavy (non-hydrogen) atoms. The normalized spacial score (nSPS) is 12.6. The monoisotopic (exact) mass is 232 g/mol. The van der Waals surface area contributed by atoms with Crippen molar-refractivity contribution in [3.63, 3.8) is 0 Å². The Morgan fingerprint density at radius 1 is 1.31 bits per heavy atom. The predicted octanol–water partition coefficient (Wildman–Crippen LogP) is 3.04. The zero-order valence-corrected chi connectivity index (χ0v) is 10.2. The van der Waals surface area contributed by atoms with Crippen molar-refractivity contribution in [2.45, 2.75) is 18.9 Å². The molecule has 0 radical (unpaired) electrons. The third-order valence-corrected chi connectivity index (χ3v) is 3.52. The molecule has 0 fully saturated rings. The van der Waals surface area contributed by atoms with Crippen LogP contribution in [0.1, 0.15) is 23.0 Å². The Morgan fingerprint density at radius 2 is 2.12 bits per heavy atom. The minimum atomic E-state index is 0.421. The van der Waals surface area contributed by atoms with Gasteiger partial charge in [-0.25, -0.2) is 4.98 Å². The molecule has 2 aromatic rings. The number of benzene rings is 1. The highest BCUT2D eigenvalue weighted by atomic mass is 32.1. The summed E-state index contributed by atoms with van der Waals surface area (Å²) in [6.07, 6.45) is 4.00. The molecule has 0 aliphatic rings. The van der Waals surface area contributed by atoms with Crippen LogP contribution in [0.4, 0.5) is 0 Å². The van der Waals surface area contributed by atoms with Gasteiger partial charge < -0.3 is 5.32 Å². The number of thiazole rings is 1. The number of hydrogen-bond donors (Lipinski definition) is 1. The second kappa shape index (κ2) is 5.77. The highest BCUT2D eigenvalue weighted by Gasteiger charge is 2.09. The minimum Gasteiger partial charge on any atom is -0.313 e. The van der Waals surface area contributed by atoms with Crippen molar-refractivity contribution in [1.29, 1.82) is 0 Å². The molecule has 0 saturated carbocycles. The topological polar surface area (TPSA) is 24.9 Å². The Morgan fingerprint density at radius 3 is 2.75 bits per heavy atom. The van der Waals surface area contributed by atoms with Crippen LogP contribution in [-0.2, 0) is 6.42 Å². The van der Waals surface area contributed by atoms with Crippen LogP contribution in [0, 0.1) is 0 Å². The van der Waals surface area contributed by atoms with E-state index in [-0.39, 0.29) is 0 Å². The molecule has 0 aliphatic carbocycles. The number of hydrogen-bond acceptors (Lipinski definition) is 3. The molecule has 0 spiro atoms. The van der Waals surface area contributed by atoms with Crippen molar-refractivity contribution in [2.75, 3.05) is 7.05 Å². The molecule has 3 heteroatoms. The first-order chi connectivity index (χ1) is 7.90. The lowest BCUT2D eigenvalue weighted by atomic mass is 10.0. The van der Waals surface area contributed by atoms with Gasteiger partial charge in [-0.15, -0.1) is 11.3 Å². The molecule has 1 atom stereocenters. The first kappa shape index (κ1) is 11.3. The van der Waals surface area contributed by atoms with E-state index in [1.165, 1.54) is 10.6 Å². The molecule has 1 heterocycles. The van der Waals surface area contributed by atoms with Crippen molar-refractivity contribution in [3.8, 4) is 0 Å². The first-order valence-electron chi connectivity index (χ1n) is 5.50. The highest BCUT2D eigenvalue weighted by Crippen LogP contribution is 2.19. The predicted molar refractivity (Wildman–Crippen MR) is 68.7 cm³/mol. The largest absolute Gasteiger partial charge is 0.313 e. The smallest absolute Gasteiger partial charge is 0.0925 e. The Labute approximate surface area is 100 Å². The van der Waals surface area contributed by atoms with E-state index < -0.39 is 0 Å². The molecular formula is C13H16N2S. The second-order valence-electron chi connectivity index (χ2n) is 3.72. The fourth-order valence-electron chi connectivity index (χ4n) is 1.81. The lowest BCUT2D eigenvalue weighted by Crippen LogP contribution is -2.16. The van der Waals surface area contributed by atoms with E-state index in [9.17, 15) is 0 Å². The van der Waals surface area contributed by atoms with Crippen molar-refractivity contribution in [2.24, 2.45) is 0 Å². The van der Waals surface area contributed by atoms with Crippen LogP contribution < -0.4 is 5.32 Å². The van der Waals surface area contributed by atoms with Gasteiger partial charge >= 0.3 is 0 Å². The summed E-state index contributed by atoms with van der Waals surface area (Å²) in [6, 6.07) is 11.0. The van der Waals surface area contributed by atoms with Crippen molar-refractivity contribution < 1.29 is 0 Å². The van der Waals surface area contributed by atoms with Crippen molar-refractivity contribution in [1.82, 2.24) is 10.3 Å². The van der Waals surface area contributed by atoms with E-state index in [1.807, 2.05) is 18.6 Å². The molecule has 84 valence electrons. The summed E-state index contributed by atoms with van der Waals surface area (Å²) in [5.74, 6) is 0. The van der Waals surface area contributed by atoms with E-state index in [2.05, 4.69) is 40.6 Å². The summed E-state index contributed by atoms with van der Waals surface area (Å²) in [6.45, 7) is 0. The minimum absolute atomic E-state index is 0.421. The maximum atomic E-state index is 4.31. The van der Waals surface area contributed by atoms with E-state index >= 15 is 0 Å². The summed E-state index contributed by atoms with van der Waals surface area (Å²) in [5.41, 5.74) is 1.35. The molecule has 0 bridgehead atoms. The standard InChI is InChI=1S/C13H16N2S/c1-14-12(11-5-3-2-4-6-11)7-8-13-15-9-10-16-13/h2-6,9-10,12,14H,7-8H2,1H3. The van der Waals surface area contributed by atoms with Gasteiger partial charge in [-0.1, -0.05) is 30.3 Å². The molecular weight excluding hydrogens is 216 g/mol. The van der Waals surface area contributed by atoms with Crippen LogP contribution in [0.15, 0.2) is 41.9 Å². The molecule has 1 aromatic heterocycles. The maximum Gasteiger partial charge on any atom is 0.0925 e. The number of nitrogens with zero attached hydrogens (tertiary/aromatic N) is 1. The highest BCUT2D eigenvalue weighted by molar-refractivity contribution is 7.09. The maximum absolute atomic E-state index is 4.31. The molecule has 1 N–H and O–H groups in total. The fourth-order valence-corrected chi connectivity index (χ4v) is 2.44. The summed E-state index contributed by atoms with van der Waals surface area (Å²) in [7, 11) is 2.01. The molecule has 0 saturated heterocycles. The van der Waals surface area contributed by atoms with Gasteiger partial charge in [-0.05, 0) is 19.0 Å². The number of nitrogens with one attached hydrogen (secondary N) is 1. The van der Waals surface area contributed by atoms with Gasteiger partial charge in [0.15, 0.2) is 0 Å². The lowest BCUT2D eigenvalue weighted by Gasteiger charge is -2.15.